The molecule has 0 radical (unpaired) electrons. The van der Waals surface area contributed by atoms with Crippen LogP contribution < -0.4 is 5.32 Å². The zero-order chi connectivity index (χ0) is 13.7. The maximum atomic E-state index is 12.0. The molecule has 1 amide bonds. The Kier molecular flexibility index (Phi) is 5.71. The van der Waals surface area contributed by atoms with E-state index < -0.39 is 0 Å². The lowest BCUT2D eigenvalue weighted by Crippen LogP contribution is -2.41. The van der Waals surface area contributed by atoms with E-state index in [1.54, 1.807) is 0 Å². The van der Waals surface area contributed by atoms with Gasteiger partial charge in [0.15, 0.2) is 0 Å². The van der Waals surface area contributed by atoms with Crippen LogP contribution >= 0.6 is 27.5 Å². The van der Waals surface area contributed by atoms with Gasteiger partial charge >= 0.3 is 0 Å². The van der Waals surface area contributed by atoms with Gasteiger partial charge in [-0.3, -0.25) is 4.79 Å². The van der Waals surface area contributed by atoms with Gasteiger partial charge in [0, 0.05) is 10.5 Å². The highest BCUT2D eigenvalue weighted by Gasteiger charge is 2.23. The van der Waals surface area contributed by atoms with Crippen molar-refractivity contribution in [3.05, 3.63) is 34.3 Å². The average Bonchev–Trinajstić information content (AvgIpc) is 2.58. The molecule has 0 saturated heterocycles. The van der Waals surface area contributed by atoms with Gasteiger partial charge in [-0.2, -0.15) is 0 Å². The summed E-state index contributed by atoms with van der Waals surface area (Å²) in [6, 6.07) is 7.98. The Labute approximate surface area is 128 Å². The van der Waals surface area contributed by atoms with E-state index in [9.17, 15) is 4.79 Å². The summed E-state index contributed by atoms with van der Waals surface area (Å²) in [6.45, 7) is 0. The van der Waals surface area contributed by atoms with Crippen LogP contribution in [0.1, 0.15) is 37.7 Å². The molecule has 1 aromatic rings. The number of nitrogens with one attached hydrogen (secondary N) is 1. The molecule has 0 aromatic heterocycles. The largest absolute Gasteiger partial charge is 0.352 e. The van der Waals surface area contributed by atoms with E-state index in [0.717, 1.165) is 29.3 Å². The number of benzene rings is 1. The maximum absolute atomic E-state index is 12.0. The summed E-state index contributed by atoms with van der Waals surface area (Å²) in [5, 5.41) is 3.17. The molecule has 1 N–H and O–H groups in total. The van der Waals surface area contributed by atoms with Gasteiger partial charge in [-0.25, -0.2) is 0 Å². The van der Waals surface area contributed by atoms with Crippen molar-refractivity contribution >= 4 is 33.4 Å². The van der Waals surface area contributed by atoms with Crippen molar-refractivity contribution in [1.82, 2.24) is 5.32 Å². The van der Waals surface area contributed by atoms with E-state index in [-0.39, 0.29) is 17.3 Å². The minimum absolute atomic E-state index is 0.0693. The van der Waals surface area contributed by atoms with E-state index in [1.165, 1.54) is 12.8 Å². The molecule has 1 saturated carbocycles. The van der Waals surface area contributed by atoms with Crippen molar-refractivity contribution < 1.29 is 4.79 Å². The monoisotopic (exact) mass is 343 g/mol. The summed E-state index contributed by atoms with van der Waals surface area (Å²) in [4.78, 5) is 12.0. The maximum Gasteiger partial charge on any atom is 0.224 e. The van der Waals surface area contributed by atoms with Crippen molar-refractivity contribution in [2.24, 2.45) is 0 Å². The first-order valence-electron chi connectivity index (χ1n) is 6.83. The van der Waals surface area contributed by atoms with Gasteiger partial charge < -0.3 is 5.32 Å². The molecule has 0 spiro atoms. The molecule has 2 unspecified atom stereocenters. The Hall–Kier alpha value is -0.540. The third-order valence-corrected chi connectivity index (χ3v) is 4.61. The van der Waals surface area contributed by atoms with Crippen LogP contribution in [-0.4, -0.2) is 17.3 Å². The van der Waals surface area contributed by atoms with Gasteiger partial charge in [0.05, 0.1) is 11.8 Å². The van der Waals surface area contributed by atoms with E-state index in [0.29, 0.717) is 6.42 Å². The lowest BCUT2D eigenvalue weighted by Gasteiger charge is -2.21. The molecule has 2 rings (SSSR count). The number of rotatable bonds is 3. The second-order valence-corrected chi connectivity index (χ2v) is 6.61. The van der Waals surface area contributed by atoms with Crippen molar-refractivity contribution in [3.8, 4) is 0 Å². The fraction of sp³-hybridized carbons (Fsp3) is 0.533. The average molecular weight is 345 g/mol. The molecule has 1 aromatic carbocycles. The number of hydrogen-bond donors (Lipinski definition) is 1. The standard InChI is InChI=1S/C15H19BrClNO/c16-12-8-6-11(7-9-12)10-15(19)18-14-5-3-1-2-4-13(14)17/h6-9,13-14H,1-5,10H2,(H,18,19). The second-order valence-electron chi connectivity index (χ2n) is 5.13. The van der Waals surface area contributed by atoms with Crippen molar-refractivity contribution in [3.63, 3.8) is 0 Å². The highest BCUT2D eigenvalue weighted by Crippen LogP contribution is 2.22. The Balaban J connectivity index is 1.87. The smallest absolute Gasteiger partial charge is 0.224 e. The predicted molar refractivity (Wildman–Crippen MR) is 82.5 cm³/mol. The topological polar surface area (TPSA) is 29.1 Å². The quantitative estimate of drug-likeness (QED) is 0.650. The lowest BCUT2D eigenvalue weighted by atomic mass is 10.1. The highest BCUT2D eigenvalue weighted by molar-refractivity contribution is 9.10. The van der Waals surface area contributed by atoms with Crippen LogP contribution in [0.4, 0.5) is 0 Å². The summed E-state index contributed by atoms with van der Waals surface area (Å²) in [5.74, 6) is 0.0693. The Morgan fingerprint density at radius 1 is 1.21 bits per heavy atom. The van der Waals surface area contributed by atoms with Crippen molar-refractivity contribution in [2.75, 3.05) is 0 Å². The first-order valence-corrected chi connectivity index (χ1v) is 8.06. The Morgan fingerprint density at radius 3 is 2.63 bits per heavy atom. The molecule has 1 aliphatic rings. The van der Waals surface area contributed by atoms with Gasteiger partial charge in [-0.1, -0.05) is 47.3 Å². The SMILES string of the molecule is O=C(Cc1ccc(Br)cc1)NC1CCCCCC1Cl. The van der Waals surface area contributed by atoms with Crippen LogP contribution in [0, 0.1) is 0 Å². The molecule has 0 bridgehead atoms. The number of hydrogen-bond acceptors (Lipinski definition) is 1. The summed E-state index contributed by atoms with van der Waals surface area (Å²) in [5.41, 5.74) is 1.03. The molecule has 19 heavy (non-hydrogen) atoms. The number of amides is 1. The number of carbonyl (C=O) groups is 1. The fourth-order valence-electron chi connectivity index (χ4n) is 2.47. The predicted octanol–water partition coefficient (Wildman–Crippen LogP) is 4.05. The molecule has 2 atom stereocenters. The first-order chi connectivity index (χ1) is 9.15. The first kappa shape index (κ1) is 14.9. The molecule has 1 aliphatic carbocycles. The van der Waals surface area contributed by atoms with E-state index >= 15 is 0 Å². The molecular weight excluding hydrogens is 326 g/mol. The van der Waals surface area contributed by atoms with Crippen LogP contribution in [0.15, 0.2) is 28.7 Å². The minimum Gasteiger partial charge on any atom is -0.352 e. The van der Waals surface area contributed by atoms with Crippen LogP contribution in [-0.2, 0) is 11.2 Å². The van der Waals surface area contributed by atoms with Gasteiger partial charge in [0.1, 0.15) is 0 Å². The molecule has 0 heterocycles. The Bertz CT molecular complexity index is 421. The Morgan fingerprint density at radius 2 is 1.89 bits per heavy atom. The number of halogens is 2. The lowest BCUT2D eigenvalue weighted by molar-refractivity contribution is -0.121. The van der Waals surface area contributed by atoms with Crippen LogP contribution in [0.25, 0.3) is 0 Å². The third-order valence-electron chi connectivity index (χ3n) is 3.56. The zero-order valence-electron chi connectivity index (χ0n) is 10.9. The number of carbonyl (C=O) groups excluding carboxylic acids is 1. The minimum atomic E-state index is 0.0693. The fourth-order valence-corrected chi connectivity index (χ4v) is 3.08. The molecule has 1 fully saturated rings. The summed E-state index contributed by atoms with van der Waals surface area (Å²) in [7, 11) is 0. The van der Waals surface area contributed by atoms with Gasteiger partial charge in [-0.05, 0) is 30.5 Å². The van der Waals surface area contributed by atoms with E-state index in [1.807, 2.05) is 24.3 Å². The third kappa shape index (κ3) is 4.81. The molecule has 4 heteroatoms. The molecule has 0 aliphatic heterocycles. The molecule has 2 nitrogen and oxygen atoms in total. The van der Waals surface area contributed by atoms with Crippen LogP contribution in [0.5, 0.6) is 0 Å². The van der Waals surface area contributed by atoms with Gasteiger partial charge in [0.25, 0.3) is 0 Å². The van der Waals surface area contributed by atoms with Crippen LogP contribution in [0.2, 0.25) is 0 Å². The number of alkyl halides is 1. The van der Waals surface area contributed by atoms with E-state index in [4.69, 9.17) is 11.6 Å². The van der Waals surface area contributed by atoms with Crippen LogP contribution in [0.3, 0.4) is 0 Å². The van der Waals surface area contributed by atoms with Gasteiger partial charge in [0.2, 0.25) is 5.91 Å². The van der Waals surface area contributed by atoms with E-state index in [2.05, 4.69) is 21.2 Å². The second kappa shape index (κ2) is 7.30. The normalized spacial score (nSPS) is 23.7. The summed E-state index contributed by atoms with van der Waals surface area (Å²) >= 11 is 9.72. The zero-order valence-corrected chi connectivity index (χ0v) is 13.2. The van der Waals surface area contributed by atoms with Crippen molar-refractivity contribution in [1.29, 1.82) is 0 Å². The summed E-state index contributed by atoms with van der Waals surface area (Å²) < 4.78 is 1.03. The molecule has 104 valence electrons. The highest BCUT2D eigenvalue weighted by atomic mass is 79.9. The van der Waals surface area contributed by atoms with Crippen molar-refractivity contribution in [2.45, 2.75) is 49.9 Å². The van der Waals surface area contributed by atoms with Gasteiger partial charge in [-0.15, -0.1) is 11.6 Å². The molecular formula is C15H19BrClNO. The summed E-state index contributed by atoms with van der Waals surface area (Å²) in [6.07, 6.45) is 5.99.